The Kier molecular flexibility index (Phi) is 3.58. The van der Waals surface area contributed by atoms with E-state index in [0.29, 0.717) is 11.8 Å². The van der Waals surface area contributed by atoms with Crippen molar-refractivity contribution in [3.05, 3.63) is 40.5 Å². The SMILES string of the molecule is CNc1ncc(C)c(Oc2ccc(Br)cc2)n1. The van der Waals surface area contributed by atoms with Crippen molar-refractivity contribution in [1.82, 2.24) is 9.97 Å². The summed E-state index contributed by atoms with van der Waals surface area (Å²) in [6.07, 6.45) is 1.73. The lowest BCUT2D eigenvalue weighted by molar-refractivity contribution is 0.458. The molecule has 0 bridgehead atoms. The molecule has 2 aromatic rings. The Balaban J connectivity index is 2.25. The van der Waals surface area contributed by atoms with Gasteiger partial charge in [-0.3, -0.25) is 0 Å². The predicted octanol–water partition coefficient (Wildman–Crippen LogP) is 3.38. The monoisotopic (exact) mass is 293 g/mol. The van der Waals surface area contributed by atoms with E-state index >= 15 is 0 Å². The lowest BCUT2D eigenvalue weighted by atomic mass is 10.3. The number of nitrogens with zero attached hydrogens (tertiary/aromatic N) is 2. The second-order valence-corrected chi connectivity index (χ2v) is 4.40. The normalized spacial score (nSPS) is 10.1. The van der Waals surface area contributed by atoms with Gasteiger partial charge >= 0.3 is 0 Å². The smallest absolute Gasteiger partial charge is 0.226 e. The van der Waals surface area contributed by atoms with Crippen molar-refractivity contribution in [2.45, 2.75) is 6.92 Å². The molecule has 4 nitrogen and oxygen atoms in total. The van der Waals surface area contributed by atoms with Crippen LogP contribution in [-0.4, -0.2) is 17.0 Å². The van der Waals surface area contributed by atoms with E-state index in [1.807, 2.05) is 31.2 Å². The fourth-order valence-electron chi connectivity index (χ4n) is 1.26. The predicted molar refractivity (Wildman–Crippen MR) is 70.5 cm³/mol. The van der Waals surface area contributed by atoms with Crippen LogP contribution in [0.25, 0.3) is 0 Å². The summed E-state index contributed by atoms with van der Waals surface area (Å²) in [7, 11) is 1.77. The number of ether oxygens (including phenoxy) is 1. The molecule has 0 saturated carbocycles. The summed E-state index contributed by atoms with van der Waals surface area (Å²) in [6, 6.07) is 7.60. The zero-order valence-electron chi connectivity index (χ0n) is 9.57. The average Bonchev–Trinajstić information content (AvgIpc) is 2.35. The number of hydrogen-bond donors (Lipinski definition) is 1. The molecule has 0 atom stereocenters. The maximum atomic E-state index is 5.69. The van der Waals surface area contributed by atoms with Crippen LogP contribution in [0.3, 0.4) is 0 Å². The molecule has 5 heteroatoms. The standard InChI is InChI=1S/C12H12BrN3O/c1-8-7-15-12(14-2)16-11(8)17-10-5-3-9(13)4-6-10/h3-7H,1-2H3,(H,14,15,16). The van der Waals surface area contributed by atoms with E-state index in [-0.39, 0.29) is 0 Å². The van der Waals surface area contributed by atoms with Crippen LogP contribution in [0.1, 0.15) is 5.56 Å². The molecule has 0 radical (unpaired) electrons. The third-order valence-corrected chi connectivity index (χ3v) is 2.71. The van der Waals surface area contributed by atoms with E-state index < -0.39 is 0 Å². The molecular weight excluding hydrogens is 282 g/mol. The molecule has 2 rings (SSSR count). The zero-order chi connectivity index (χ0) is 12.3. The summed E-state index contributed by atoms with van der Waals surface area (Å²) >= 11 is 3.38. The van der Waals surface area contributed by atoms with Gasteiger partial charge < -0.3 is 10.1 Å². The fourth-order valence-corrected chi connectivity index (χ4v) is 1.53. The largest absolute Gasteiger partial charge is 0.439 e. The quantitative estimate of drug-likeness (QED) is 0.942. The number of halogens is 1. The number of nitrogens with one attached hydrogen (secondary N) is 1. The summed E-state index contributed by atoms with van der Waals surface area (Å²) in [5.74, 6) is 1.85. The Morgan fingerprint density at radius 1 is 1.24 bits per heavy atom. The van der Waals surface area contributed by atoms with Crippen LogP contribution in [-0.2, 0) is 0 Å². The molecule has 88 valence electrons. The first kappa shape index (κ1) is 11.9. The van der Waals surface area contributed by atoms with Gasteiger partial charge in [-0.25, -0.2) is 4.98 Å². The van der Waals surface area contributed by atoms with Crippen LogP contribution in [0.4, 0.5) is 5.95 Å². The second-order valence-electron chi connectivity index (χ2n) is 3.49. The van der Waals surface area contributed by atoms with Gasteiger partial charge in [0.25, 0.3) is 0 Å². The van der Waals surface area contributed by atoms with Crippen LogP contribution in [0.5, 0.6) is 11.6 Å². The molecule has 0 unspecified atom stereocenters. The van der Waals surface area contributed by atoms with Crippen molar-refractivity contribution in [3.63, 3.8) is 0 Å². The first-order valence-electron chi connectivity index (χ1n) is 5.14. The van der Waals surface area contributed by atoms with Gasteiger partial charge in [-0.1, -0.05) is 15.9 Å². The first-order chi connectivity index (χ1) is 8.19. The summed E-state index contributed by atoms with van der Waals surface area (Å²) in [4.78, 5) is 8.36. The summed E-state index contributed by atoms with van der Waals surface area (Å²) in [5, 5.41) is 2.88. The number of benzene rings is 1. The number of hydrogen-bond acceptors (Lipinski definition) is 4. The highest BCUT2D eigenvalue weighted by molar-refractivity contribution is 9.10. The number of aromatic nitrogens is 2. The highest BCUT2D eigenvalue weighted by atomic mass is 79.9. The minimum atomic E-state index is 0.544. The maximum absolute atomic E-state index is 5.69. The van der Waals surface area contributed by atoms with Crippen molar-refractivity contribution in [2.24, 2.45) is 0 Å². The number of rotatable bonds is 3. The van der Waals surface area contributed by atoms with Crippen LogP contribution in [0.2, 0.25) is 0 Å². The molecule has 0 aliphatic heterocycles. The van der Waals surface area contributed by atoms with Crippen LogP contribution in [0, 0.1) is 6.92 Å². The van der Waals surface area contributed by atoms with E-state index in [1.54, 1.807) is 13.2 Å². The Labute approximate surface area is 108 Å². The van der Waals surface area contributed by atoms with Gasteiger partial charge in [0.05, 0.1) is 0 Å². The molecule has 0 amide bonds. The van der Waals surface area contributed by atoms with Gasteiger partial charge in [-0.15, -0.1) is 0 Å². The fraction of sp³-hybridized carbons (Fsp3) is 0.167. The summed E-state index contributed by atoms with van der Waals surface area (Å²) in [5.41, 5.74) is 0.895. The number of anilines is 1. The Bertz CT molecular complexity index is 514. The highest BCUT2D eigenvalue weighted by Crippen LogP contribution is 2.24. The minimum absolute atomic E-state index is 0.544. The third kappa shape index (κ3) is 2.94. The molecule has 0 saturated heterocycles. The molecule has 1 aromatic heterocycles. The van der Waals surface area contributed by atoms with Crippen molar-refractivity contribution < 1.29 is 4.74 Å². The van der Waals surface area contributed by atoms with Crippen LogP contribution < -0.4 is 10.1 Å². The Hall–Kier alpha value is -1.62. The van der Waals surface area contributed by atoms with Crippen molar-refractivity contribution in [1.29, 1.82) is 0 Å². The lowest BCUT2D eigenvalue weighted by Gasteiger charge is -2.08. The van der Waals surface area contributed by atoms with Crippen molar-refractivity contribution in [2.75, 3.05) is 12.4 Å². The molecule has 0 fully saturated rings. The van der Waals surface area contributed by atoms with Crippen LogP contribution in [0.15, 0.2) is 34.9 Å². The van der Waals surface area contributed by atoms with Gasteiger partial charge in [0.2, 0.25) is 11.8 Å². The van der Waals surface area contributed by atoms with Gasteiger partial charge in [0.1, 0.15) is 5.75 Å². The van der Waals surface area contributed by atoms with Crippen molar-refractivity contribution >= 4 is 21.9 Å². The molecular formula is C12H12BrN3O. The molecule has 0 aliphatic rings. The van der Waals surface area contributed by atoms with Gasteiger partial charge in [0.15, 0.2) is 0 Å². The van der Waals surface area contributed by atoms with E-state index in [0.717, 1.165) is 15.8 Å². The lowest BCUT2D eigenvalue weighted by Crippen LogP contribution is -1.99. The first-order valence-corrected chi connectivity index (χ1v) is 5.93. The average molecular weight is 294 g/mol. The summed E-state index contributed by atoms with van der Waals surface area (Å²) < 4.78 is 6.71. The summed E-state index contributed by atoms with van der Waals surface area (Å²) in [6.45, 7) is 1.91. The molecule has 1 heterocycles. The van der Waals surface area contributed by atoms with Crippen LogP contribution >= 0.6 is 15.9 Å². The molecule has 17 heavy (non-hydrogen) atoms. The highest BCUT2D eigenvalue weighted by Gasteiger charge is 2.05. The maximum Gasteiger partial charge on any atom is 0.226 e. The topological polar surface area (TPSA) is 47.0 Å². The van der Waals surface area contributed by atoms with E-state index in [9.17, 15) is 0 Å². The third-order valence-electron chi connectivity index (χ3n) is 2.18. The molecule has 1 aromatic carbocycles. The molecule has 0 spiro atoms. The van der Waals surface area contributed by atoms with E-state index in [1.165, 1.54) is 0 Å². The zero-order valence-corrected chi connectivity index (χ0v) is 11.2. The van der Waals surface area contributed by atoms with E-state index in [2.05, 4.69) is 31.2 Å². The molecule has 0 aliphatic carbocycles. The van der Waals surface area contributed by atoms with Crippen molar-refractivity contribution in [3.8, 4) is 11.6 Å². The van der Waals surface area contributed by atoms with Gasteiger partial charge in [0, 0.05) is 23.3 Å². The minimum Gasteiger partial charge on any atom is -0.439 e. The Morgan fingerprint density at radius 3 is 2.59 bits per heavy atom. The number of aryl methyl sites for hydroxylation is 1. The van der Waals surface area contributed by atoms with Gasteiger partial charge in [-0.05, 0) is 31.2 Å². The second kappa shape index (κ2) is 5.14. The van der Waals surface area contributed by atoms with E-state index in [4.69, 9.17) is 4.74 Å². The molecule has 1 N–H and O–H groups in total. The Morgan fingerprint density at radius 2 is 1.94 bits per heavy atom. The van der Waals surface area contributed by atoms with Gasteiger partial charge in [-0.2, -0.15) is 4.98 Å².